The Balaban J connectivity index is 1.41. The summed E-state index contributed by atoms with van der Waals surface area (Å²) in [7, 11) is 1.78. The molecule has 3 heterocycles. The van der Waals surface area contributed by atoms with Gasteiger partial charge in [0.25, 0.3) is 5.91 Å². The normalized spacial score (nSPS) is 15.4. The first-order valence-corrected chi connectivity index (χ1v) is 11.6. The van der Waals surface area contributed by atoms with E-state index in [1.807, 2.05) is 29.8 Å². The minimum absolute atomic E-state index is 0.204. The topological polar surface area (TPSA) is 80.5 Å². The molecule has 1 amide bonds. The minimum atomic E-state index is -4.41. The molecule has 0 saturated heterocycles. The summed E-state index contributed by atoms with van der Waals surface area (Å²) < 4.78 is 42.7. The zero-order chi connectivity index (χ0) is 25.2. The number of aromatic amines is 1. The second-order valence-electron chi connectivity index (χ2n) is 9.46. The maximum Gasteiger partial charge on any atom is 0.416 e. The van der Waals surface area contributed by atoms with E-state index >= 15 is 0 Å². The Kier molecular flexibility index (Phi) is 4.79. The summed E-state index contributed by atoms with van der Waals surface area (Å²) in [5, 5.41) is 9.33. The first-order chi connectivity index (χ1) is 17.1. The van der Waals surface area contributed by atoms with Crippen LogP contribution < -0.4 is 5.32 Å². The van der Waals surface area contributed by atoms with Crippen molar-refractivity contribution in [3.63, 3.8) is 0 Å². The molecule has 1 fully saturated rings. The van der Waals surface area contributed by atoms with Gasteiger partial charge in [-0.2, -0.15) is 18.3 Å². The molecular weight excluding hydrogens is 469 g/mol. The highest BCUT2D eigenvalue weighted by Crippen LogP contribution is 2.40. The molecule has 5 aromatic rings. The predicted octanol–water partition coefficient (Wildman–Crippen LogP) is 5.38. The van der Waals surface area contributed by atoms with Gasteiger partial charge in [-0.15, -0.1) is 0 Å². The number of hydrogen-bond donors (Lipinski definition) is 2. The standard InChI is InChI=1S/C26H23F3N6O/c1-15-13-30-24(31-15)25(10-3-11-25)32-23(36)16-4-9-21-19(12-16)20-14-34(2)33-22(20)35(21)18-7-5-17(6-8-18)26(27,28)29/h4-9,12-14H,3,10-11H2,1-2H3,(H,30,31)(H,32,36). The van der Waals surface area contributed by atoms with Crippen molar-refractivity contribution < 1.29 is 18.0 Å². The van der Waals surface area contributed by atoms with Gasteiger partial charge in [-0.05, 0) is 68.7 Å². The van der Waals surface area contributed by atoms with Crippen molar-refractivity contribution in [2.75, 3.05) is 0 Å². The molecule has 10 heteroatoms. The molecule has 2 N–H and O–H groups in total. The number of halogens is 3. The third-order valence-electron chi connectivity index (χ3n) is 6.98. The largest absolute Gasteiger partial charge is 0.416 e. The highest BCUT2D eigenvalue weighted by atomic mass is 19.4. The van der Waals surface area contributed by atoms with E-state index in [1.54, 1.807) is 24.0 Å². The second kappa shape index (κ2) is 7.71. The van der Waals surface area contributed by atoms with Crippen LogP contribution >= 0.6 is 0 Å². The van der Waals surface area contributed by atoms with Gasteiger partial charge in [-0.3, -0.25) is 14.0 Å². The molecule has 1 aliphatic rings. The summed E-state index contributed by atoms with van der Waals surface area (Å²) in [6, 6.07) is 10.4. The molecular formula is C26H23F3N6O. The van der Waals surface area contributed by atoms with Crippen LogP contribution in [0.2, 0.25) is 0 Å². The summed E-state index contributed by atoms with van der Waals surface area (Å²) in [6.45, 7) is 1.93. The van der Waals surface area contributed by atoms with Gasteiger partial charge in [-0.25, -0.2) is 4.98 Å². The van der Waals surface area contributed by atoms with Gasteiger partial charge >= 0.3 is 6.18 Å². The monoisotopic (exact) mass is 492 g/mol. The molecule has 2 aromatic carbocycles. The van der Waals surface area contributed by atoms with E-state index in [0.29, 0.717) is 16.9 Å². The Morgan fingerprint density at radius 3 is 2.47 bits per heavy atom. The zero-order valence-corrected chi connectivity index (χ0v) is 19.6. The van der Waals surface area contributed by atoms with E-state index in [1.165, 1.54) is 12.1 Å². The number of amides is 1. The van der Waals surface area contributed by atoms with E-state index < -0.39 is 17.3 Å². The van der Waals surface area contributed by atoms with Gasteiger partial charge < -0.3 is 10.3 Å². The number of hydrogen-bond acceptors (Lipinski definition) is 3. The van der Waals surface area contributed by atoms with Crippen molar-refractivity contribution in [2.45, 2.75) is 37.9 Å². The summed E-state index contributed by atoms with van der Waals surface area (Å²) in [4.78, 5) is 21.0. The van der Waals surface area contributed by atoms with Gasteiger partial charge in [-0.1, -0.05) is 0 Å². The van der Waals surface area contributed by atoms with Crippen LogP contribution in [0.3, 0.4) is 0 Å². The molecule has 0 atom stereocenters. The molecule has 1 aliphatic carbocycles. The number of alkyl halides is 3. The molecule has 3 aromatic heterocycles. The molecule has 0 aliphatic heterocycles. The van der Waals surface area contributed by atoms with E-state index in [2.05, 4.69) is 20.4 Å². The van der Waals surface area contributed by atoms with E-state index in [-0.39, 0.29) is 5.91 Å². The van der Waals surface area contributed by atoms with Crippen LogP contribution in [-0.2, 0) is 18.8 Å². The Morgan fingerprint density at radius 1 is 1.11 bits per heavy atom. The molecule has 0 unspecified atom stereocenters. The van der Waals surface area contributed by atoms with Crippen molar-refractivity contribution in [1.29, 1.82) is 0 Å². The Hall–Kier alpha value is -4.08. The average Bonchev–Trinajstić information content (AvgIpc) is 3.48. The maximum absolute atomic E-state index is 13.3. The third kappa shape index (κ3) is 3.47. The van der Waals surface area contributed by atoms with Gasteiger partial charge in [0, 0.05) is 47.2 Å². The zero-order valence-electron chi connectivity index (χ0n) is 19.6. The quantitative estimate of drug-likeness (QED) is 0.354. The van der Waals surface area contributed by atoms with Gasteiger partial charge in [0.1, 0.15) is 5.82 Å². The third-order valence-corrected chi connectivity index (χ3v) is 6.98. The van der Waals surface area contributed by atoms with Crippen LogP contribution in [0, 0.1) is 6.92 Å². The number of benzene rings is 2. The summed E-state index contributed by atoms with van der Waals surface area (Å²) in [5.74, 6) is 0.564. The van der Waals surface area contributed by atoms with Crippen molar-refractivity contribution in [3.05, 3.63) is 77.5 Å². The Morgan fingerprint density at radius 2 is 1.86 bits per heavy atom. The molecule has 0 spiro atoms. The van der Waals surface area contributed by atoms with E-state index in [9.17, 15) is 18.0 Å². The smallest absolute Gasteiger partial charge is 0.344 e. The van der Waals surface area contributed by atoms with Gasteiger partial charge in [0.15, 0.2) is 5.65 Å². The highest BCUT2D eigenvalue weighted by Gasteiger charge is 2.42. The van der Waals surface area contributed by atoms with Crippen molar-refractivity contribution in [1.82, 2.24) is 29.6 Å². The summed E-state index contributed by atoms with van der Waals surface area (Å²) in [6.07, 6.45) is 1.82. The molecule has 36 heavy (non-hydrogen) atoms. The molecule has 6 rings (SSSR count). The fourth-order valence-corrected chi connectivity index (χ4v) is 4.99. The lowest BCUT2D eigenvalue weighted by atomic mass is 9.76. The number of aromatic nitrogens is 5. The van der Waals surface area contributed by atoms with Crippen LogP contribution in [0.15, 0.2) is 54.9 Å². The maximum atomic E-state index is 13.3. The molecule has 0 bridgehead atoms. The lowest BCUT2D eigenvalue weighted by Crippen LogP contribution is -2.51. The first-order valence-electron chi connectivity index (χ1n) is 11.6. The van der Waals surface area contributed by atoms with Crippen molar-refractivity contribution >= 4 is 27.8 Å². The average molecular weight is 493 g/mol. The SMILES string of the molecule is Cc1cnc(C2(NC(=O)c3ccc4c(c3)c3cn(C)nc3n4-c3ccc(C(F)(F)F)cc3)CCC2)[nH]1. The molecule has 184 valence electrons. The number of carbonyl (C=O) groups excluding carboxylic acids is 1. The van der Waals surface area contributed by atoms with Crippen LogP contribution in [0.1, 0.15) is 46.7 Å². The summed E-state index contributed by atoms with van der Waals surface area (Å²) >= 11 is 0. The van der Waals surface area contributed by atoms with Crippen LogP contribution in [0.4, 0.5) is 13.2 Å². The van der Waals surface area contributed by atoms with Crippen LogP contribution in [-0.4, -0.2) is 30.2 Å². The second-order valence-corrected chi connectivity index (χ2v) is 9.46. The molecule has 1 saturated carbocycles. The number of H-pyrrole nitrogens is 1. The Labute approximate surface area is 203 Å². The van der Waals surface area contributed by atoms with E-state index in [0.717, 1.165) is 59.2 Å². The molecule has 0 radical (unpaired) electrons. The van der Waals surface area contributed by atoms with Crippen molar-refractivity contribution in [3.8, 4) is 5.69 Å². The van der Waals surface area contributed by atoms with Crippen molar-refractivity contribution in [2.24, 2.45) is 7.05 Å². The number of nitrogens with zero attached hydrogens (tertiary/aromatic N) is 4. The number of rotatable bonds is 4. The lowest BCUT2D eigenvalue weighted by molar-refractivity contribution is -0.137. The fraction of sp³-hybridized carbons (Fsp3) is 0.269. The number of imidazole rings is 1. The molecule has 7 nitrogen and oxygen atoms in total. The first kappa shape index (κ1) is 22.4. The number of fused-ring (bicyclic) bond motifs is 3. The fourth-order valence-electron chi connectivity index (χ4n) is 4.99. The predicted molar refractivity (Wildman–Crippen MR) is 129 cm³/mol. The van der Waals surface area contributed by atoms with Crippen LogP contribution in [0.25, 0.3) is 27.6 Å². The lowest BCUT2D eigenvalue weighted by Gasteiger charge is -2.40. The van der Waals surface area contributed by atoms with E-state index in [4.69, 9.17) is 0 Å². The number of carbonyl (C=O) groups is 1. The van der Waals surface area contributed by atoms with Crippen LogP contribution in [0.5, 0.6) is 0 Å². The number of nitrogens with one attached hydrogen (secondary N) is 2. The number of aryl methyl sites for hydroxylation is 2. The summed E-state index contributed by atoms with van der Waals surface area (Å²) in [5.41, 5.74) is 2.13. The Bertz CT molecular complexity index is 1620. The van der Waals surface area contributed by atoms with Gasteiger partial charge in [0.05, 0.1) is 16.6 Å². The van der Waals surface area contributed by atoms with Gasteiger partial charge in [0.2, 0.25) is 0 Å². The minimum Gasteiger partial charge on any atom is -0.344 e. The highest BCUT2D eigenvalue weighted by molar-refractivity contribution is 6.10.